The molecule has 1 aliphatic heterocycles. The second-order valence-electron chi connectivity index (χ2n) is 2.82. The van der Waals surface area contributed by atoms with E-state index in [1.807, 2.05) is 0 Å². The van der Waals surface area contributed by atoms with Gasteiger partial charge in [0.05, 0.1) is 0 Å². The number of ketones is 1. The number of carbonyl (C=O) groups is 2. The third kappa shape index (κ3) is 1.80. The smallest absolute Gasteiger partial charge is 0.375 e. The third-order valence-electron chi connectivity index (χ3n) is 1.96. The van der Waals surface area contributed by atoms with Gasteiger partial charge in [-0.15, -0.1) is 0 Å². The Morgan fingerprint density at radius 3 is 2.58 bits per heavy atom. The van der Waals surface area contributed by atoms with Crippen LogP contribution in [0.2, 0.25) is 0 Å². The van der Waals surface area contributed by atoms with Crippen LogP contribution >= 0.6 is 0 Å². The highest BCUT2D eigenvalue weighted by molar-refractivity contribution is 6.34. The van der Waals surface area contributed by atoms with Gasteiger partial charge in [-0.05, 0) is 19.4 Å². The molecule has 1 unspecified atom stereocenters. The Bertz CT molecular complexity index is 198. The van der Waals surface area contributed by atoms with Crippen molar-refractivity contribution in [1.82, 2.24) is 5.32 Å². The molecule has 2 atom stereocenters. The number of carbonyl (C=O) groups excluding carboxylic acids is 1. The number of carboxylic acid groups (broad SMARTS) is 1. The van der Waals surface area contributed by atoms with Crippen LogP contribution in [-0.2, 0) is 9.59 Å². The Hall–Kier alpha value is -0.940. The van der Waals surface area contributed by atoms with E-state index in [4.69, 9.17) is 5.11 Å². The molecular formula is C7H11NO4. The molecule has 0 aliphatic carbocycles. The summed E-state index contributed by atoms with van der Waals surface area (Å²) in [5.41, 5.74) is 0. The second-order valence-corrected chi connectivity index (χ2v) is 2.82. The van der Waals surface area contributed by atoms with Crippen molar-refractivity contribution in [2.75, 3.05) is 6.54 Å². The first-order chi connectivity index (χ1) is 5.63. The van der Waals surface area contributed by atoms with Gasteiger partial charge in [0.25, 0.3) is 5.78 Å². The molecule has 12 heavy (non-hydrogen) atoms. The normalized spacial score (nSPS) is 25.2. The number of aliphatic hydroxyl groups is 1. The summed E-state index contributed by atoms with van der Waals surface area (Å²) < 4.78 is 0. The number of nitrogens with one attached hydrogen (secondary N) is 1. The Morgan fingerprint density at radius 2 is 2.17 bits per heavy atom. The largest absolute Gasteiger partial charge is 0.475 e. The molecule has 68 valence electrons. The van der Waals surface area contributed by atoms with Gasteiger partial charge in [-0.1, -0.05) is 0 Å². The fraction of sp³-hybridized carbons (Fsp3) is 0.714. The first-order valence-corrected chi connectivity index (χ1v) is 3.81. The zero-order chi connectivity index (χ0) is 9.14. The fourth-order valence-corrected chi connectivity index (χ4v) is 1.29. The molecule has 0 radical (unpaired) electrons. The molecule has 0 aromatic carbocycles. The molecule has 1 saturated heterocycles. The molecule has 1 heterocycles. The van der Waals surface area contributed by atoms with E-state index in [0.29, 0.717) is 6.42 Å². The van der Waals surface area contributed by atoms with Gasteiger partial charge in [0.2, 0.25) is 0 Å². The molecule has 1 rings (SSSR count). The standard InChI is InChI=1S/C7H11NO4/c9-5(6(10)7(11)12)4-2-1-3-8-4/h4-5,8-9H,1-3H2,(H,11,12)/t4-,5?/m1/s1. The van der Waals surface area contributed by atoms with E-state index >= 15 is 0 Å². The van der Waals surface area contributed by atoms with Crippen LogP contribution in [0.5, 0.6) is 0 Å². The predicted molar refractivity (Wildman–Crippen MR) is 39.7 cm³/mol. The molecular weight excluding hydrogens is 162 g/mol. The highest BCUT2D eigenvalue weighted by atomic mass is 16.4. The van der Waals surface area contributed by atoms with Crippen molar-refractivity contribution in [2.45, 2.75) is 25.0 Å². The topological polar surface area (TPSA) is 86.6 Å². The minimum absolute atomic E-state index is 0.381. The molecule has 1 aliphatic rings. The number of rotatable bonds is 3. The maximum atomic E-state index is 10.7. The number of Topliss-reactive ketones (excluding diaryl/α,β-unsaturated/α-hetero) is 1. The van der Waals surface area contributed by atoms with Crippen LogP contribution in [-0.4, -0.2) is 40.7 Å². The van der Waals surface area contributed by atoms with Crippen molar-refractivity contribution in [3.05, 3.63) is 0 Å². The van der Waals surface area contributed by atoms with Gasteiger partial charge in [0.15, 0.2) is 0 Å². The lowest BCUT2D eigenvalue weighted by molar-refractivity contribution is -0.153. The van der Waals surface area contributed by atoms with E-state index < -0.39 is 17.9 Å². The van der Waals surface area contributed by atoms with Crippen LogP contribution in [0.4, 0.5) is 0 Å². The highest BCUT2D eigenvalue weighted by Crippen LogP contribution is 2.09. The molecule has 0 bridgehead atoms. The van der Waals surface area contributed by atoms with Crippen molar-refractivity contribution in [2.24, 2.45) is 0 Å². The SMILES string of the molecule is O=C(O)C(=O)C(O)[C@H]1CCCN1. The Kier molecular flexibility index (Phi) is 2.78. The maximum absolute atomic E-state index is 10.7. The average Bonchev–Trinajstić information content (AvgIpc) is 2.53. The molecule has 1 fully saturated rings. The first-order valence-electron chi connectivity index (χ1n) is 3.81. The quantitative estimate of drug-likeness (QED) is 0.464. The number of hydrogen-bond donors (Lipinski definition) is 3. The number of aliphatic carboxylic acids is 1. The molecule has 5 heteroatoms. The lowest BCUT2D eigenvalue weighted by Gasteiger charge is -2.14. The second kappa shape index (κ2) is 3.64. The molecule has 0 aromatic rings. The number of hydrogen-bond acceptors (Lipinski definition) is 4. The van der Waals surface area contributed by atoms with Crippen molar-refractivity contribution in [1.29, 1.82) is 0 Å². The molecule has 0 aromatic heterocycles. The predicted octanol–water partition coefficient (Wildman–Crippen LogP) is -1.25. The summed E-state index contributed by atoms with van der Waals surface area (Å²) in [6, 6.07) is -0.381. The zero-order valence-corrected chi connectivity index (χ0v) is 6.49. The Balaban J connectivity index is 2.51. The summed E-state index contributed by atoms with van der Waals surface area (Å²) in [7, 11) is 0. The maximum Gasteiger partial charge on any atom is 0.375 e. The summed E-state index contributed by atoms with van der Waals surface area (Å²) in [5.74, 6) is -2.70. The van der Waals surface area contributed by atoms with Gasteiger partial charge < -0.3 is 15.5 Å². The van der Waals surface area contributed by atoms with Crippen LogP contribution < -0.4 is 5.32 Å². The van der Waals surface area contributed by atoms with Crippen molar-refractivity contribution in [3.63, 3.8) is 0 Å². The summed E-state index contributed by atoms with van der Waals surface area (Å²) in [6.45, 7) is 0.731. The van der Waals surface area contributed by atoms with E-state index in [2.05, 4.69) is 5.32 Å². The highest BCUT2D eigenvalue weighted by Gasteiger charge is 2.31. The van der Waals surface area contributed by atoms with Crippen molar-refractivity contribution < 1.29 is 19.8 Å². The summed E-state index contributed by atoms with van der Waals surface area (Å²) in [6.07, 6.45) is 0.124. The van der Waals surface area contributed by atoms with E-state index in [0.717, 1.165) is 13.0 Å². The van der Waals surface area contributed by atoms with Crippen LogP contribution in [0.1, 0.15) is 12.8 Å². The Labute approximate surface area is 69.4 Å². The lowest BCUT2D eigenvalue weighted by atomic mass is 10.1. The molecule has 5 nitrogen and oxygen atoms in total. The fourth-order valence-electron chi connectivity index (χ4n) is 1.29. The minimum atomic E-state index is -1.57. The van der Waals surface area contributed by atoms with E-state index in [9.17, 15) is 14.7 Å². The summed E-state index contributed by atoms with van der Waals surface area (Å²) >= 11 is 0. The summed E-state index contributed by atoms with van der Waals surface area (Å²) in [5, 5.41) is 20.3. The molecule has 3 N–H and O–H groups in total. The van der Waals surface area contributed by atoms with Crippen molar-refractivity contribution in [3.8, 4) is 0 Å². The molecule has 0 spiro atoms. The minimum Gasteiger partial charge on any atom is -0.475 e. The van der Waals surface area contributed by atoms with E-state index in [1.54, 1.807) is 0 Å². The van der Waals surface area contributed by atoms with Gasteiger partial charge >= 0.3 is 5.97 Å². The molecule has 0 saturated carbocycles. The first kappa shape index (κ1) is 9.15. The molecule has 0 amide bonds. The Morgan fingerprint density at radius 1 is 1.50 bits per heavy atom. The van der Waals surface area contributed by atoms with Crippen molar-refractivity contribution >= 4 is 11.8 Å². The number of aliphatic hydroxyl groups excluding tert-OH is 1. The van der Waals surface area contributed by atoms with Gasteiger partial charge in [-0.2, -0.15) is 0 Å². The van der Waals surface area contributed by atoms with Gasteiger partial charge in [-0.25, -0.2) is 4.79 Å². The van der Waals surface area contributed by atoms with Crippen LogP contribution in [0, 0.1) is 0 Å². The van der Waals surface area contributed by atoms with Crippen LogP contribution in [0.3, 0.4) is 0 Å². The monoisotopic (exact) mass is 173 g/mol. The van der Waals surface area contributed by atoms with Gasteiger partial charge in [0.1, 0.15) is 6.10 Å². The van der Waals surface area contributed by atoms with Crippen LogP contribution in [0.25, 0.3) is 0 Å². The third-order valence-corrected chi connectivity index (χ3v) is 1.96. The lowest BCUT2D eigenvalue weighted by Crippen LogP contribution is -2.43. The zero-order valence-electron chi connectivity index (χ0n) is 6.49. The van der Waals surface area contributed by atoms with Gasteiger partial charge in [0, 0.05) is 6.04 Å². The summed E-state index contributed by atoms with van der Waals surface area (Å²) in [4.78, 5) is 20.9. The van der Waals surface area contributed by atoms with Gasteiger partial charge in [-0.3, -0.25) is 4.79 Å². The number of carboxylic acids is 1. The van der Waals surface area contributed by atoms with E-state index in [1.165, 1.54) is 0 Å². The average molecular weight is 173 g/mol. The van der Waals surface area contributed by atoms with Crippen LogP contribution in [0.15, 0.2) is 0 Å². The van der Waals surface area contributed by atoms with E-state index in [-0.39, 0.29) is 6.04 Å².